The normalized spacial score (nSPS) is 11.4. The van der Waals surface area contributed by atoms with Gasteiger partial charge in [-0.05, 0) is 11.5 Å². The van der Waals surface area contributed by atoms with Crippen molar-refractivity contribution < 1.29 is 13.9 Å². The fourth-order valence-electron chi connectivity index (χ4n) is 1.25. The van der Waals surface area contributed by atoms with Crippen LogP contribution in [0, 0.1) is 5.41 Å². The zero-order valence-electron chi connectivity index (χ0n) is 9.09. The van der Waals surface area contributed by atoms with Gasteiger partial charge >= 0.3 is 5.97 Å². The van der Waals surface area contributed by atoms with Crippen LogP contribution in [0.15, 0.2) is 16.7 Å². The predicted octanol–water partition coefficient (Wildman–Crippen LogP) is 2.65. The largest absolute Gasteiger partial charge is 0.468 e. The quantitative estimate of drug-likeness (QED) is 0.682. The lowest BCUT2D eigenvalue weighted by atomic mass is 9.90. The van der Waals surface area contributed by atoms with E-state index in [9.17, 15) is 4.79 Å². The number of rotatable bonds is 2. The van der Waals surface area contributed by atoms with Gasteiger partial charge in [-0.15, -0.1) is 0 Å². The zero-order chi connectivity index (χ0) is 10.8. The Bertz CT molecular complexity index is 318. The number of esters is 1. The first kappa shape index (κ1) is 10.8. The summed E-state index contributed by atoms with van der Waals surface area (Å²) in [6.45, 7) is 6.28. The lowest BCUT2D eigenvalue weighted by Crippen LogP contribution is -2.12. The smallest absolute Gasteiger partial charge is 0.341 e. The fraction of sp³-hybridized carbons (Fsp3) is 0.545. The number of carbonyl (C=O) groups is 1. The summed E-state index contributed by atoms with van der Waals surface area (Å²) in [7, 11) is 1.37. The molecule has 1 rings (SSSR count). The number of hydrogen-bond acceptors (Lipinski definition) is 3. The van der Waals surface area contributed by atoms with Crippen LogP contribution in [-0.2, 0) is 11.2 Å². The zero-order valence-corrected chi connectivity index (χ0v) is 9.09. The minimum atomic E-state index is -0.335. The van der Waals surface area contributed by atoms with E-state index >= 15 is 0 Å². The summed E-state index contributed by atoms with van der Waals surface area (Å²) < 4.78 is 9.91. The first-order valence-corrected chi connectivity index (χ1v) is 4.59. The lowest BCUT2D eigenvalue weighted by Gasteiger charge is -2.16. The molecule has 0 aromatic carbocycles. The highest BCUT2D eigenvalue weighted by atomic mass is 16.5. The summed E-state index contributed by atoms with van der Waals surface area (Å²) in [5.41, 5.74) is 0.628. The summed E-state index contributed by atoms with van der Waals surface area (Å²) in [6, 6.07) is 1.65. The third-order valence-corrected chi connectivity index (χ3v) is 1.84. The van der Waals surface area contributed by atoms with E-state index in [0.29, 0.717) is 11.3 Å². The minimum absolute atomic E-state index is 0.0978. The van der Waals surface area contributed by atoms with Crippen LogP contribution >= 0.6 is 0 Å². The second kappa shape index (κ2) is 3.86. The van der Waals surface area contributed by atoms with Gasteiger partial charge in [0.25, 0.3) is 0 Å². The Hall–Kier alpha value is -1.25. The van der Waals surface area contributed by atoms with Crippen molar-refractivity contribution in [2.45, 2.75) is 27.2 Å². The summed E-state index contributed by atoms with van der Waals surface area (Å²) in [6.07, 6.45) is 2.25. The molecule has 0 atom stereocenters. The van der Waals surface area contributed by atoms with E-state index < -0.39 is 0 Å². The molecule has 0 N–H and O–H groups in total. The van der Waals surface area contributed by atoms with E-state index in [1.807, 2.05) is 0 Å². The summed E-state index contributed by atoms with van der Waals surface area (Å²) in [4.78, 5) is 11.3. The highest BCUT2D eigenvalue weighted by molar-refractivity contribution is 5.90. The van der Waals surface area contributed by atoms with Crippen LogP contribution in [0.3, 0.4) is 0 Å². The Labute approximate surface area is 84.1 Å². The summed E-state index contributed by atoms with van der Waals surface area (Å²) in [5, 5.41) is 0. The molecular formula is C11H16O3. The summed E-state index contributed by atoms with van der Waals surface area (Å²) >= 11 is 0. The molecule has 0 unspecified atom stereocenters. The molecule has 14 heavy (non-hydrogen) atoms. The van der Waals surface area contributed by atoms with Crippen LogP contribution < -0.4 is 0 Å². The van der Waals surface area contributed by atoms with Crippen molar-refractivity contribution in [3.8, 4) is 0 Å². The van der Waals surface area contributed by atoms with Gasteiger partial charge in [0.1, 0.15) is 11.3 Å². The molecule has 1 aromatic heterocycles. The highest BCUT2D eigenvalue weighted by Crippen LogP contribution is 2.23. The van der Waals surface area contributed by atoms with Gasteiger partial charge in [-0.1, -0.05) is 20.8 Å². The first-order chi connectivity index (χ1) is 6.44. The Morgan fingerprint density at radius 1 is 1.50 bits per heavy atom. The van der Waals surface area contributed by atoms with E-state index in [4.69, 9.17) is 4.42 Å². The van der Waals surface area contributed by atoms with Crippen molar-refractivity contribution in [1.82, 2.24) is 0 Å². The summed E-state index contributed by atoms with van der Waals surface area (Å²) in [5.74, 6) is 0.363. The van der Waals surface area contributed by atoms with Crippen molar-refractivity contribution in [1.29, 1.82) is 0 Å². The van der Waals surface area contributed by atoms with Gasteiger partial charge < -0.3 is 9.15 Å². The van der Waals surface area contributed by atoms with Crippen LogP contribution in [0.4, 0.5) is 0 Å². The molecule has 3 nitrogen and oxygen atoms in total. The van der Waals surface area contributed by atoms with Crippen LogP contribution in [0.5, 0.6) is 0 Å². The lowest BCUT2D eigenvalue weighted by molar-refractivity contribution is 0.0597. The first-order valence-electron chi connectivity index (χ1n) is 4.59. The molecule has 0 aliphatic heterocycles. The molecule has 0 saturated heterocycles. The van der Waals surface area contributed by atoms with Gasteiger partial charge in [0, 0.05) is 6.42 Å². The van der Waals surface area contributed by atoms with Crippen LogP contribution in [0.1, 0.15) is 36.9 Å². The Morgan fingerprint density at radius 3 is 2.64 bits per heavy atom. The monoisotopic (exact) mass is 196 g/mol. The number of carbonyl (C=O) groups excluding carboxylic acids is 1. The molecule has 0 spiro atoms. The van der Waals surface area contributed by atoms with Crippen molar-refractivity contribution in [3.63, 3.8) is 0 Å². The fourth-order valence-corrected chi connectivity index (χ4v) is 1.25. The molecule has 0 bridgehead atoms. The molecule has 0 aliphatic carbocycles. The molecular weight excluding hydrogens is 180 g/mol. The molecule has 0 radical (unpaired) electrons. The van der Waals surface area contributed by atoms with Crippen molar-refractivity contribution in [2.24, 2.45) is 5.41 Å². The Kier molecular flexibility index (Phi) is 2.99. The van der Waals surface area contributed by atoms with E-state index in [1.165, 1.54) is 13.4 Å². The maximum absolute atomic E-state index is 11.3. The van der Waals surface area contributed by atoms with Gasteiger partial charge in [0.2, 0.25) is 0 Å². The van der Waals surface area contributed by atoms with Crippen molar-refractivity contribution in [2.75, 3.05) is 7.11 Å². The van der Waals surface area contributed by atoms with E-state index in [2.05, 4.69) is 25.5 Å². The second-order valence-electron chi connectivity index (χ2n) is 4.49. The molecule has 0 saturated carbocycles. The van der Waals surface area contributed by atoms with E-state index in [-0.39, 0.29) is 11.4 Å². The average molecular weight is 196 g/mol. The maximum Gasteiger partial charge on any atom is 0.341 e. The molecule has 1 heterocycles. The van der Waals surface area contributed by atoms with Gasteiger partial charge in [0.15, 0.2) is 0 Å². The molecule has 0 fully saturated rings. The Morgan fingerprint density at radius 2 is 2.14 bits per heavy atom. The molecule has 78 valence electrons. The standard InChI is InChI=1S/C11H16O3/c1-11(2,3)7-9-8(5-6-14-9)10(12)13-4/h5-6H,7H2,1-4H3. The third-order valence-electron chi connectivity index (χ3n) is 1.84. The minimum Gasteiger partial charge on any atom is -0.468 e. The van der Waals surface area contributed by atoms with Crippen molar-refractivity contribution in [3.05, 3.63) is 23.7 Å². The van der Waals surface area contributed by atoms with Crippen LogP contribution in [0.25, 0.3) is 0 Å². The van der Waals surface area contributed by atoms with Gasteiger partial charge in [0.05, 0.1) is 13.4 Å². The van der Waals surface area contributed by atoms with Crippen LogP contribution in [-0.4, -0.2) is 13.1 Å². The molecule has 0 amide bonds. The molecule has 0 aliphatic rings. The number of hydrogen-bond donors (Lipinski definition) is 0. The molecule has 3 heteroatoms. The van der Waals surface area contributed by atoms with Crippen molar-refractivity contribution >= 4 is 5.97 Å². The predicted molar refractivity (Wildman–Crippen MR) is 53.2 cm³/mol. The van der Waals surface area contributed by atoms with Gasteiger partial charge in [-0.25, -0.2) is 4.79 Å². The number of furan rings is 1. The third kappa shape index (κ3) is 2.62. The SMILES string of the molecule is COC(=O)c1ccoc1CC(C)(C)C. The van der Waals surface area contributed by atoms with E-state index in [1.54, 1.807) is 6.07 Å². The number of methoxy groups -OCH3 is 1. The van der Waals surface area contributed by atoms with Gasteiger partial charge in [-0.3, -0.25) is 0 Å². The second-order valence-corrected chi connectivity index (χ2v) is 4.49. The average Bonchev–Trinajstić information content (AvgIpc) is 2.48. The van der Waals surface area contributed by atoms with E-state index in [0.717, 1.165) is 6.42 Å². The molecule has 1 aromatic rings. The maximum atomic E-state index is 11.3. The highest BCUT2D eigenvalue weighted by Gasteiger charge is 2.20. The number of ether oxygens (including phenoxy) is 1. The Balaban J connectivity index is 2.88. The van der Waals surface area contributed by atoms with Gasteiger partial charge in [-0.2, -0.15) is 0 Å². The van der Waals surface area contributed by atoms with Crippen LogP contribution in [0.2, 0.25) is 0 Å². The topological polar surface area (TPSA) is 39.4 Å².